The summed E-state index contributed by atoms with van der Waals surface area (Å²) in [7, 11) is 3.61. The lowest BCUT2D eigenvalue weighted by molar-refractivity contribution is 0.0700. The lowest BCUT2D eigenvalue weighted by Crippen LogP contribution is -2.41. The number of aryl methyl sites for hydroxylation is 1. The van der Waals surface area contributed by atoms with Crippen molar-refractivity contribution in [2.24, 2.45) is 24.6 Å². The van der Waals surface area contributed by atoms with Gasteiger partial charge in [0.05, 0.1) is 29.0 Å². The van der Waals surface area contributed by atoms with Gasteiger partial charge in [-0.25, -0.2) is 9.97 Å². The number of imidazole rings is 1. The summed E-state index contributed by atoms with van der Waals surface area (Å²) in [6.45, 7) is 1.54. The molecule has 10 heteroatoms. The van der Waals surface area contributed by atoms with Crippen LogP contribution in [0.5, 0.6) is 11.5 Å². The van der Waals surface area contributed by atoms with Gasteiger partial charge in [-0.2, -0.15) is 0 Å². The number of methoxy groups -OCH3 is 1. The van der Waals surface area contributed by atoms with Crippen LogP contribution in [0, 0.1) is 11.8 Å². The molecule has 9 nitrogen and oxygen atoms in total. The molecular formula is C33H33ClN6O3. The molecule has 3 N–H and O–H groups in total. The fourth-order valence-corrected chi connectivity index (χ4v) is 7.41. The highest BCUT2D eigenvalue weighted by Gasteiger charge is 2.47. The molecule has 2 aromatic carbocycles. The Morgan fingerprint density at radius 1 is 1.12 bits per heavy atom. The molecule has 4 heterocycles. The van der Waals surface area contributed by atoms with Crippen LogP contribution < -0.4 is 10.5 Å². The number of benzene rings is 2. The number of carbonyl (C=O) groups is 1. The van der Waals surface area contributed by atoms with E-state index in [2.05, 4.69) is 10.6 Å². The van der Waals surface area contributed by atoms with E-state index in [0.717, 1.165) is 47.5 Å². The quantitative estimate of drug-likeness (QED) is 0.264. The van der Waals surface area contributed by atoms with E-state index in [4.69, 9.17) is 32.0 Å². The van der Waals surface area contributed by atoms with E-state index in [1.807, 2.05) is 46.8 Å². The minimum atomic E-state index is -0.0137. The Balaban J connectivity index is 1.25. The highest BCUT2D eigenvalue weighted by Crippen LogP contribution is 2.41. The van der Waals surface area contributed by atoms with Crippen molar-refractivity contribution >= 4 is 39.6 Å². The first-order chi connectivity index (χ1) is 20.8. The molecule has 0 radical (unpaired) electrons. The normalized spacial score (nSPS) is 21.4. The van der Waals surface area contributed by atoms with Crippen LogP contribution in [0.3, 0.4) is 0 Å². The van der Waals surface area contributed by atoms with Crippen molar-refractivity contribution in [3.8, 4) is 34.3 Å². The molecule has 5 aromatic rings. The van der Waals surface area contributed by atoms with E-state index >= 15 is 0 Å². The Labute approximate surface area is 253 Å². The predicted octanol–water partition coefficient (Wildman–Crippen LogP) is 5.60. The molecule has 2 aliphatic carbocycles. The summed E-state index contributed by atoms with van der Waals surface area (Å²) in [6, 6.07) is 15.2. The van der Waals surface area contributed by atoms with Gasteiger partial charge in [0, 0.05) is 48.7 Å². The maximum Gasteiger partial charge on any atom is 0.254 e. The number of ether oxygens (including phenoxy) is 1. The fraction of sp³-hybridized carbons (Fsp3) is 0.364. The number of nitrogens with zero attached hydrogens (tertiary/aromatic N) is 5. The van der Waals surface area contributed by atoms with Gasteiger partial charge in [-0.3, -0.25) is 4.79 Å². The number of amides is 1. The summed E-state index contributed by atoms with van der Waals surface area (Å²) in [5.41, 5.74) is 11.7. The van der Waals surface area contributed by atoms with E-state index in [-0.39, 0.29) is 28.8 Å². The number of hydrogen-bond acceptors (Lipinski definition) is 6. The van der Waals surface area contributed by atoms with Crippen molar-refractivity contribution in [2.45, 2.75) is 44.3 Å². The molecule has 220 valence electrons. The predicted molar refractivity (Wildman–Crippen MR) is 166 cm³/mol. The minimum Gasteiger partial charge on any atom is -0.506 e. The SMILES string of the molecule is COc1cc(C(=O)N2CC3CCC2[C@@H]3N)cc2nc(-c3cc4ccc(-c5cccc(O)c5Cl)nc4n3CC3CC3)n(C)c12. The zero-order chi connectivity index (χ0) is 29.6. The van der Waals surface area contributed by atoms with Crippen LogP contribution >= 0.6 is 11.6 Å². The van der Waals surface area contributed by atoms with Gasteiger partial charge in [-0.1, -0.05) is 23.7 Å². The number of halogens is 1. The van der Waals surface area contributed by atoms with Crippen molar-refractivity contribution in [3.63, 3.8) is 0 Å². The molecule has 0 spiro atoms. The van der Waals surface area contributed by atoms with Crippen LogP contribution in [-0.4, -0.2) is 60.8 Å². The number of hydrogen-bond donors (Lipinski definition) is 2. The second-order valence-electron chi connectivity index (χ2n) is 12.3. The maximum atomic E-state index is 13.7. The number of fused-ring (bicyclic) bond motifs is 4. The number of phenols is 1. The first-order valence-corrected chi connectivity index (χ1v) is 15.3. The second-order valence-corrected chi connectivity index (χ2v) is 12.7. The summed E-state index contributed by atoms with van der Waals surface area (Å²) >= 11 is 6.46. The van der Waals surface area contributed by atoms with E-state index in [9.17, 15) is 9.90 Å². The van der Waals surface area contributed by atoms with Crippen LogP contribution in [0.25, 0.3) is 44.8 Å². The zero-order valence-corrected chi connectivity index (χ0v) is 24.9. The van der Waals surface area contributed by atoms with Gasteiger partial charge in [0.25, 0.3) is 5.91 Å². The number of aromatic hydroxyl groups is 1. The summed E-state index contributed by atoms with van der Waals surface area (Å²) in [5, 5.41) is 11.5. The van der Waals surface area contributed by atoms with Gasteiger partial charge in [0.2, 0.25) is 0 Å². The van der Waals surface area contributed by atoms with Crippen molar-refractivity contribution < 1.29 is 14.6 Å². The Morgan fingerprint density at radius 2 is 1.95 bits per heavy atom. The molecular weight excluding hydrogens is 564 g/mol. The molecule has 3 atom stereocenters. The average Bonchev–Trinajstić information content (AvgIpc) is 3.42. The van der Waals surface area contributed by atoms with Gasteiger partial charge in [0.1, 0.15) is 22.7 Å². The number of carbonyl (C=O) groups excluding carboxylic acids is 1. The molecule has 1 saturated heterocycles. The van der Waals surface area contributed by atoms with Crippen molar-refractivity contribution in [1.29, 1.82) is 0 Å². The number of rotatable bonds is 6. The Hall–Kier alpha value is -4.08. The molecule has 3 fully saturated rings. The van der Waals surface area contributed by atoms with Crippen LogP contribution in [0.4, 0.5) is 0 Å². The third-order valence-corrected chi connectivity index (χ3v) is 10.1. The number of pyridine rings is 1. The zero-order valence-electron chi connectivity index (χ0n) is 24.1. The molecule has 8 rings (SSSR count). The fourth-order valence-electron chi connectivity index (χ4n) is 7.19. The van der Waals surface area contributed by atoms with Gasteiger partial charge < -0.3 is 29.6 Å². The van der Waals surface area contributed by atoms with Gasteiger partial charge in [0.15, 0.2) is 5.82 Å². The summed E-state index contributed by atoms with van der Waals surface area (Å²) in [6.07, 6.45) is 4.42. The minimum absolute atomic E-state index is 0.0137. The first-order valence-electron chi connectivity index (χ1n) is 14.9. The van der Waals surface area contributed by atoms with Gasteiger partial charge >= 0.3 is 0 Å². The monoisotopic (exact) mass is 596 g/mol. The summed E-state index contributed by atoms with van der Waals surface area (Å²) in [5.74, 6) is 2.36. The van der Waals surface area contributed by atoms with Gasteiger partial charge in [-0.05, 0) is 73.9 Å². The molecule has 2 saturated carbocycles. The Kier molecular flexibility index (Phi) is 6.00. The Bertz CT molecular complexity index is 1940. The molecule has 43 heavy (non-hydrogen) atoms. The van der Waals surface area contributed by atoms with Crippen LogP contribution in [0.2, 0.25) is 5.02 Å². The summed E-state index contributed by atoms with van der Waals surface area (Å²) < 4.78 is 10.1. The second kappa shape index (κ2) is 9.72. The van der Waals surface area contributed by atoms with Crippen molar-refractivity contribution in [2.75, 3.05) is 13.7 Å². The molecule has 3 aliphatic rings. The first kappa shape index (κ1) is 26.5. The van der Waals surface area contributed by atoms with E-state index in [1.54, 1.807) is 19.2 Å². The number of piperidine rings is 1. The molecule has 3 aromatic heterocycles. The van der Waals surface area contributed by atoms with Crippen molar-refractivity contribution in [3.05, 3.63) is 59.1 Å². The van der Waals surface area contributed by atoms with E-state index < -0.39 is 0 Å². The number of phenolic OH excluding ortho intramolecular Hbond substituents is 1. The smallest absolute Gasteiger partial charge is 0.254 e. The number of aromatic nitrogens is 4. The van der Waals surface area contributed by atoms with Crippen molar-refractivity contribution in [1.82, 2.24) is 24.0 Å². The molecule has 2 bridgehead atoms. The molecule has 2 unspecified atom stereocenters. The maximum absolute atomic E-state index is 13.7. The standard InChI is InChI=1S/C33H33ClN6O3/c1-38-30-23(12-20(14-27(30)43-2)33(42)40-16-19-9-11-24(40)29(19)35)37-32(38)25-13-18-8-10-22(21-4-3-5-26(41)28(21)34)36-31(18)39(25)15-17-6-7-17/h3-5,8,10,12-14,17,19,24,29,41H,6-7,9,11,15-16,35H2,1-2H3/t19?,24?,29-/m1/s1. The van der Waals surface area contributed by atoms with Crippen LogP contribution in [-0.2, 0) is 13.6 Å². The van der Waals surface area contributed by atoms with Crippen LogP contribution in [0.15, 0.2) is 48.5 Å². The molecule has 1 amide bonds. The topological polar surface area (TPSA) is 111 Å². The Morgan fingerprint density at radius 3 is 2.67 bits per heavy atom. The lowest BCUT2D eigenvalue weighted by atomic mass is 10.1. The van der Waals surface area contributed by atoms with Gasteiger partial charge in [-0.15, -0.1) is 0 Å². The third-order valence-electron chi connectivity index (χ3n) is 9.68. The highest BCUT2D eigenvalue weighted by atomic mass is 35.5. The number of likely N-dealkylation sites (tertiary alicyclic amines) is 1. The molecule has 1 aliphatic heterocycles. The largest absolute Gasteiger partial charge is 0.506 e. The number of nitrogens with two attached hydrogens (primary N) is 1. The van der Waals surface area contributed by atoms with Crippen LogP contribution in [0.1, 0.15) is 36.0 Å². The van der Waals surface area contributed by atoms with E-state index in [0.29, 0.717) is 46.5 Å². The average molecular weight is 597 g/mol. The van der Waals surface area contributed by atoms with E-state index in [1.165, 1.54) is 12.8 Å². The highest BCUT2D eigenvalue weighted by molar-refractivity contribution is 6.34. The third kappa shape index (κ3) is 4.12. The lowest BCUT2D eigenvalue weighted by Gasteiger charge is -2.27. The summed E-state index contributed by atoms with van der Waals surface area (Å²) in [4.78, 5) is 25.8.